The van der Waals surface area contributed by atoms with Crippen LogP contribution in [0.15, 0.2) is 35.7 Å². The first-order chi connectivity index (χ1) is 18.0. The van der Waals surface area contributed by atoms with Gasteiger partial charge in [-0.25, -0.2) is 4.79 Å². The van der Waals surface area contributed by atoms with Gasteiger partial charge in [-0.05, 0) is 31.7 Å². The Morgan fingerprint density at radius 2 is 1.84 bits per heavy atom. The van der Waals surface area contributed by atoms with Crippen LogP contribution in [0, 0.1) is 5.41 Å². The fourth-order valence-electron chi connectivity index (χ4n) is 4.01. The molecule has 0 aliphatic heterocycles. The third-order valence-electron chi connectivity index (χ3n) is 6.52. The predicted octanol–water partition coefficient (Wildman–Crippen LogP) is 5.44. The third kappa shape index (κ3) is 8.17. The SMILES string of the molecule is CCCC[C@H](NC(=O)OCC1(COc2nc(C(F)(F)F)cs2)CCC1)C(=O)C(=O)N[C@H](C)c1ccccc1. The minimum Gasteiger partial charge on any atom is -0.469 e. The van der Waals surface area contributed by atoms with E-state index in [9.17, 15) is 27.6 Å². The van der Waals surface area contributed by atoms with E-state index in [1.807, 2.05) is 37.3 Å². The van der Waals surface area contributed by atoms with Crippen molar-refractivity contribution in [3.05, 3.63) is 47.0 Å². The smallest absolute Gasteiger partial charge is 0.434 e. The van der Waals surface area contributed by atoms with Crippen molar-refractivity contribution in [2.45, 2.75) is 70.6 Å². The number of hydrogen-bond acceptors (Lipinski definition) is 7. The van der Waals surface area contributed by atoms with E-state index in [0.29, 0.717) is 19.3 Å². The van der Waals surface area contributed by atoms with E-state index in [-0.39, 0.29) is 24.8 Å². The first-order valence-corrected chi connectivity index (χ1v) is 13.4. The maximum absolute atomic E-state index is 12.9. The summed E-state index contributed by atoms with van der Waals surface area (Å²) in [5.41, 5.74) is -0.723. The summed E-state index contributed by atoms with van der Waals surface area (Å²) in [6, 6.07) is 7.75. The molecule has 1 fully saturated rings. The quantitative estimate of drug-likeness (QED) is 0.319. The predicted molar refractivity (Wildman–Crippen MR) is 135 cm³/mol. The van der Waals surface area contributed by atoms with Crippen molar-refractivity contribution in [1.82, 2.24) is 15.6 Å². The summed E-state index contributed by atoms with van der Waals surface area (Å²) in [7, 11) is 0. The molecule has 0 radical (unpaired) electrons. The van der Waals surface area contributed by atoms with Crippen LogP contribution in [-0.4, -0.2) is 42.0 Å². The number of halogens is 3. The molecule has 1 aliphatic carbocycles. The number of ketones is 1. The molecule has 1 heterocycles. The van der Waals surface area contributed by atoms with E-state index in [2.05, 4.69) is 15.6 Å². The molecule has 38 heavy (non-hydrogen) atoms. The van der Waals surface area contributed by atoms with Gasteiger partial charge in [0, 0.05) is 10.8 Å². The minimum absolute atomic E-state index is 0.0394. The lowest BCUT2D eigenvalue weighted by atomic mass is 9.70. The summed E-state index contributed by atoms with van der Waals surface area (Å²) in [5, 5.41) is 5.97. The van der Waals surface area contributed by atoms with E-state index in [4.69, 9.17) is 9.47 Å². The molecule has 2 amide bonds. The Kier molecular flexibility index (Phi) is 10.1. The Labute approximate surface area is 223 Å². The molecule has 1 aliphatic rings. The zero-order valence-corrected chi connectivity index (χ0v) is 22.1. The highest BCUT2D eigenvalue weighted by molar-refractivity contribution is 7.11. The molecule has 2 aromatic rings. The summed E-state index contributed by atoms with van der Waals surface area (Å²) in [6.07, 6.45) is -1.56. The number of ether oxygens (including phenoxy) is 2. The Balaban J connectivity index is 1.52. The van der Waals surface area contributed by atoms with Gasteiger partial charge >= 0.3 is 12.3 Å². The van der Waals surface area contributed by atoms with E-state index >= 15 is 0 Å². The fraction of sp³-hybridized carbons (Fsp3) is 0.538. The van der Waals surface area contributed by atoms with Crippen LogP contribution >= 0.6 is 11.3 Å². The number of alkyl carbamates (subject to hydrolysis) is 1. The maximum atomic E-state index is 12.9. The maximum Gasteiger partial charge on any atom is 0.434 e. The topological polar surface area (TPSA) is 107 Å². The number of unbranched alkanes of at least 4 members (excludes halogenated alkanes) is 1. The van der Waals surface area contributed by atoms with Crippen molar-refractivity contribution in [2.24, 2.45) is 5.41 Å². The zero-order chi connectivity index (χ0) is 27.8. The van der Waals surface area contributed by atoms with E-state index in [1.54, 1.807) is 6.92 Å². The van der Waals surface area contributed by atoms with Crippen LogP contribution in [0.25, 0.3) is 0 Å². The van der Waals surface area contributed by atoms with Crippen molar-refractivity contribution in [3.8, 4) is 5.19 Å². The van der Waals surface area contributed by atoms with Gasteiger partial charge in [-0.3, -0.25) is 9.59 Å². The number of alkyl halides is 3. The molecule has 1 aromatic heterocycles. The number of aromatic nitrogens is 1. The average Bonchev–Trinajstić information content (AvgIpc) is 3.35. The van der Waals surface area contributed by atoms with Crippen LogP contribution < -0.4 is 15.4 Å². The molecule has 2 atom stereocenters. The normalized spacial score (nSPS) is 16.0. The van der Waals surface area contributed by atoms with Gasteiger partial charge in [-0.2, -0.15) is 18.2 Å². The molecule has 0 bridgehead atoms. The van der Waals surface area contributed by atoms with Gasteiger partial charge in [0.2, 0.25) is 5.78 Å². The van der Waals surface area contributed by atoms with Gasteiger partial charge in [0.25, 0.3) is 11.1 Å². The lowest BCUT2D eigenvalue weighted by Crippen LogP contribution is -2.49. The first-order valence-electron chi connectivity index (χ1n) is 12.5. The second-order valence-electron chi connectivity index (χ2n) is 9.52. The van der Waals surface area contributed by atoms with Gasteiger partial charge in [0.1, 0.15) is 12.6 Å². The Morgan fingerprint density at radius 3 is 2.42 bits per heavy atom. The van der Waals surface area contributed by atoms with E-state index < -0.39 is 47.2 Å². The van der Waals surface area contributed by atoms with Crippen molar-refractivity contribution in [2.75, 3.05) is 13.2 Å². The molecule has 8 nitrogen and oxygen atoms in total. The number of thiazole rings is 1. The number of rotatable bonds is 13. The highest BCUT2D eigenvalue weighted by Gasteiger charge is 2.40. The molecule has 1 aromatic carbocycles. The first kappa shape index (κ1) is 29.4. The van der Waals surface area contributed by atoms with Gasteiger partial charge in [0.15, 0.2) is 5.69 Å². The van der Waals surface area contributed by atoms with Crippen LogP contribution in [-0.2, 0) is 20.5 Å². The van der Waals surface area contributed by atoms with Crippen LogP contribution in [0.4, 0.5) is 18.0 Å². The lowest BCUT2D eigenvalue weighted by molar-refractivity contribution is -0.141. The molecule has 2 N–H and O–H groups in total. The number of hydrogen-bond donors (Lipinski definition) is 2. The lowest BCUT2D eigenvalue weighted by Gasteiger charge is -2.40. The Hall–Kier alpha value is -3.15. The van der Waals surface area contributed by atoms with Crippen LogP contribution in [0.2, 0.25) is 0 Å². The second kappa shape index (κ2) is 13.1. The molecule has 208 valence electrons. The van der Waals surface area contributed by atoms with Crippen molar-refractivity contribution >= 4 is 29.1 Å². The number of Topliss-reactive ketones (excluding diaryl/α,β-unsaturated/α-hetero) is 1. The van der Waals surface area contributed by atoms with Gasteiger partial charge < -0.3 is 20.1 Å². The summed E-state index contributed by atoms with van der Waals surface area (Å²) in [5.74, 6) is -1.56. The standard InChI is InChI=1S/C26H32F3N3O5S/c1-3-4-11-19(21(33)22(34)30-17(2)18-9-6-5-7-10-18)31-23(35)36-15-25(12-8-13-25)16-37-24-32-20(14-38-24)26(27,28)29/h5-7,9-10,14,17,19H,3-4,8,11-13,15-16H2,1-2H3,(H,30,34)(H,31,35)/t17-,19+/m1/s1. The average molecular weight is 556 g/mol. The third-order valence-corrected chi connectivity index (χ3v) is 7.28. The van der Waals surface area contributed by atoms with Crippen molar-refractivity contribution < 1.29 is 37.0 Å². The number of amides is 2. The minimum atomic E-state index is -4.55. The number of carbonyl (C=O) groups is 3. The molecule has 12 heteroatoms. The molecule has 3 rings (SSSR count). The Morgan fingerprint density at radius 1 is 1.13 bits per heavy atom. The van der Waals surface area contributed by atoms with E-state index in [1.165, 1.54) is 0 Å². The highest BCUT2D eigenvalue weighted by Crippen LogP contribution is 2.42. The monoisotopic (exact) mass is 555 g/mol. The fourth-order valence-corrected chi connectivity index (χ4v) is 4.68. The van der Waals surface area contributed by atoms with Crippen LogP contribution in [0.5, 0.6) is 5.19 Å². The van der Waals surface area contributed by atoms with Crippen molar-refractivity contribution in [1.29, 1.82) is 0 Å². The van der Waals surface area contributed by atoms with Gasteiger partial charge in [-0.15, -0.1) is 0 Å². The van der Waals surface area contributed by atoms with Gasteiger partial charge in [0.05, 0.1) is 12.6 Å². The molecule has 1 saturated carbocycles. The number of nitrogens with zero attached hydrogens (tertiary/aromatic N) is 1. The van der Waals surface area contributed by atoms with Crippen molar-refractivity contribution in [3.63, 3.8) is 0 Å². The molecular formula is C26H32F3N3O5S. The molecule has 0 unspecified atom stereocenters. The summed E-state index contributed by atoms with van der Waals surface area (Å²) in [6.45, 7) is 3.70. The van der Waals surface area contributed by atoms with E-state index in [0.717, 1.165) is 35.1 Å². The largest absolute Gasteiger partial charge is 0.469 e. The van der Waals surface area contributed by atoms with Gasteiger partial charge in [-0.1, -0.05) is 67.9 Å². The number of carbonyl (C=O) groups excluding carboxylic acids is 3. The second-order valence-corrected chi connectivity index (χ2v) is 10.3. The summed E-state index contributed by atoms with van der Waals surface area (Å²) < 4.78 is 49.2. The molecule has 0 saturated heterocycles. The molecule has 0 spiro atoms. The summed E-state index contributed by atoms with van der Waals surface area (Å²) >= 11 is 0.752. The Bertz CT molecular complexity index is 1090. The highest BCUT2D eigenvalue weighted by atomic mass is 32.1. The number of benzene rings is 1. The summed E-state index contributed by atoms with van der Waals surface area (Å²) in [4.78, 5) is 41.5. The number of nitrogens with one attached hydrogen (secondary N) is 2. The van der Waals surface area contributed by atoms with Crippen LogP contribution in [0.3, 0.4) is 0 Å². The van der Waals surface area contributed by atoms with Crippen LogP contribution in [0.1, 0.15) is 69.7 Å². The zero-order valence-electron chi connectivity index (χ0n) is 21.3. The molecular weight excluding hydrogens is 523 g/mol.